The SMILES string of the molecule is Oc1cc(F)cc2ncc(Oc3[c-]c4c(cc3)c3ccccc3n4-c3ccccn3)nc12.[Pt]. The number of pyridine rings is 1. The zero-order valence-corrected chi connectivity index (χ0v) is 19.1. The van der Waals surface area contributed by atoms with Gasteiger partial charge in [-0.2, -0.15) is 6.07 Å². The summed E-state index contributed by atoms with van der Waals surface area (Å²) < 4.78 is 21.4. The van der Waals surface area contributed by atoms with Crippen LogP contribution in [0.5, 0.6) is 17.4 Å². The van der Waals surface area contributed by atoms with E-state index in [1.54, 1.807) is 12.3 Å². The predicted molar refractivity (Wildman–Crippen MR) is 119 cm³/mol. The molecule has 0 saturated heterocycles. The summed E-state index contributed by atoms with van der Waals surface area (Å²) >= 11 is 0. The normalized spacial score (nSPS) is 11.1. The van der Waals surface area contributed by atoms with Crippen LogP contribution in [0.2, 0.25) is 0 Å². The summed E-state index contributed by atoms with van der Waals surface area (Å²) in [4.78, 5) is 12.9. The standard InChI is InChI=1S/C25H14FN4O2.Pt/c26-15-11-19-25(22(31)12-15)29-24(14-28-19)32-16-8-9-18-17-5-1-2-6-20(17)30(21(18)13-16)23-7-3-4-10-27-23;/h1-12,14,31H;/q-1;. The fourth-order valence-corrected chi connectivity index (χ4v) is 3.87. The Morgan fingerprint density at radius 2 is 1.79 bits per heavy atom. The quantitative estimate of drug-likeness (QED) is 0.264. The van der Waals surface area contributed by atoms with Crippen LogP contribution >= 0.6 is 0 Å². The van der Waals surface area contributed by atoms with E-state index in [9.17, 15) is 9.50 Å². The average molecular weight is 616 g/mol. The number of rotatable bonds is 3. The van der Waals surface area contributed by atoms with E-state index in [2.05, 4.69) is 27.1 Å². The van der Waals surface area contributed by atoms with E-state index in [0.717, 1.165) is 33.7 Å². The third-order valence-electron chi connectivity index (χ3n) is 5.22. The number of para-hydroxylation sites is 1. The molecule has 3 heterocycles. The Balaban J connectivity index is 0.00000228. The first-order valence-corrected chi connectivity index (χ1v) is 9.87. The van der Waals surface area contributed by atoms with E-state index in [1.807, 2.05) is 47.0 Å². The number of phenolic OH excluding ortho intramolecular Hbond substituents is 1. The molecule has 0 radical (unpaired) electrons. The summed E-state index contributed by atoms with van der Waals surface area (Å²) in [6.45, 7) is 0. The smallest absolute Gasteiger partial charge is 0.236 e. The van der Waals surface area contributed by atoms with Gasteiger partial charge in [-0.05, 0) is 23.6 Å². The second-order valence-electron chi connectivity index (χ2n) is 7.23. The number of halogens is 1. The maximum absolute atomic E-state index is 13.5. The number of aromatic nitrogens is 4. The molecule has 3 aromatic carbocycles. The van der Waals surface area contributed by atoms with Gasteiger partial charge in [0.15, 0.2) is 0 Å². The molecule has 8 heteroatoms. The van der Waals surface area contributed by atoms with Crippen molar-refractivity contribution in [2.45, 2.75) is 0 Å². The zero-order valence-electron chi connectivity index (χ0n) is 16.8. The molecule has 0 bridgehead atoms. The summed E-state index contributed by atoms with van der Waals surface area (Å²) in [6, 6.07) is 23.1. The van der Waals surface area contributed by atoms with Crippen LogP contribution in [0.1, 0.15) is 0 Å². The van der Waals surface area contributed by atoms with Crippen LogP contribution in [-0.4, -0.2) is 24.6 Å². The van der Waals surface area contributed by atoms with Gasteiger partial charge in [0.25, 0.3) is 0 Å². The van der Waals surface area contributed by atoms with Crippen LogP contribution in [0.25, 0.3) is 38.7 Å². The van der Waals surface area contributed by atoms with E-state index in [-0.39, 0.29) is 43.7 Å². The van der Waals surface area contributed by atoms with Crippen molar-refractivity contribution in [2.75, 3.05) is 0 Å². The van der Waals surface area contributed by atoms with Crippen molar-refractivity contribution in [3.63, 3.8) is 0 Å². The molecule has 33 heavy (non-hydrogen) atoms. The molecule has 0 atom stereocenters. The molecule has 0 aliphatic carbocycles. The fraction of sp³-hybridized carbons (Fsp3) is 0. The van der Waals surface area contributed by atoms with Gasteiger partial charge >= 0.3 is 0 Å². The van der Waals surface area contributed by atoms with Crippen molar-refractivity contribution in [2.24, 2.45) is 0 Å². The second-order valence-corrected chi connectivity index (χ2v) is 7.23. The van der Waals surface area contributed by atoms with E-state index in [0.29, 0.717) is 5.75 Å². The Bertz CT molecular complexity index is 1640. The summed E-state index contributed by atoms with van der Waals surface area (Å²) in [5.41, 5.74) is 2.21. The maximum Gasteiger partial charge on any atom is 0.236 e. The average Bonchev–Trinajstić information content (AvgIpc) is 3.13. The van der Waals surface area contributed by atoms with Gasteiger partial charge in [-0.15, -0.1) is 17.5 Å². The minimum Gasteiger partial charge on any atom is -0.505 e. The second kappa shape index (κ2) is 8.26. The first-order valence-electron chi connectivity index (χ1n) is 9.87. The Kier molecular flexibility index (Phi) is 5.27. The van der Waals surface area contributed by atoms with Gasteiger partial charge in [0.2, 0.25) is 5.88 Å². The molecule has 1 N–H and O–H groups in total. The Morgan fingerprint density at radius 3 is 2.64 bits per heavy atom. The molecule has 3 aromatic heterocycles. The van der Waals surface area contributed by atoms with Crippen LogP contribution in [0, 0.1) is 11.9 Å². The summed E-state index contributed by atoms with van der Waals surface area (Å²) in [6.07, 6.45) is 3.13. The van der Waals surface area contributed by atoms with Crippen molar-refractivity contribution >= 4 is 32.8 Å². The van der Waals surface area contributed by atoms with Crippen LogP contribution in [0.3, 0.4) is 0 Å². The topological polar surface area (TPSA) is 73.1 Å². The molecule has 0 aliphatic rings. The number of hydrogen-bond donors (Lipinski definition) is 1. The molecule has 0 fully saturated rings. The summed E-state index contributed by atoms with van der Waals surface area (Å²) in [7, 11) is 0. The number of benzene rings is 3. The van der Waals surface area contributed by atoms with Crippen molar-refractivity contribution in [3.05, 3.63) is 91.0 Å². The minimum absolute atomic E-state index is 0. The molecule has 0 amide bonds. The molecule has 6 nitrogen and oxygen atoms in total. The van der Waals surface area contributed by atoms with Gasteiger partial charge in [0, 0.05) is 50.7 Å². The number of hydrogen-bond acceptors (Lipinski definition) is 5. The van der Waals surface area contributed by atoms with Crippen LogP contribution in [0.15, 0.2) is 79.1 Å². The van der Waals surface area contributed by atoms with Crippen LogP contribution in [0.4, 0.5) is 4.39 Å². The minimum atomic E-state index is -0.584. The van der Waals surface area contributed by atoms with Gasteiger partial charge in [0.05, 0.1) is 11.7 Å². The van der Waals surface area contributed by atoms with E-state index < -0.39 is 5.82 Å². The Morgan fingerprint density at radius 1 is 0.939 bits per heavy atom. The number of aromatic hydroxyl groups is 1. The third-order valence-corrected chi connectivity index (χ3v) is 5.22. The van der Waals surface area contributed by atoms with E-state index in [1.165, 1.54) is 12.3 Å². The molecule has 0 aliphatic heterocycles. The summed E-state index contributed by atoms with van der Waals surface area (Å²) in [5, 5.41) is 12.1. The van der Waals surface area contributed by atoms with Crippen LogP contribution < -0.4 is 4.74 Å². The number of ether oxygens (including phenoxy) is 1. The maximum atomic E-state index is 13.5. The van der Waals surface area contributed by atoms with Gasteiger partial charge in [0.1, 0.15) is 22.9 Å². The predicted octanol–water partition coefficient (Wildman–Crippen LogP) is 5.56. The zero-order chi connectivity index (χ0) is 21.7. The molecular formula is C25H14FN4O2Pt-. The van der Waals surface area contributed by atoms with Gasteiger partial charge in [-0.3, -0.25) is 0 Å². The molecule has 0 spiro atoms. The van der Waals surface area contributed by atoms with Gasteiger partial charge in [-0.1, -0.05) is 29.8 Å². The Hall–Kier alpha value is -3.83. The molecule has 6 aromatic rings. The van der Waals surface area contributed by atoms with Crippen molar-refractivity contribution in [1.82, 2.24) is 19.5 Å². The molecule has 0 saturated carbocycles. The molecule has 0 unspecified atom stereocenters. The monoisotopic (exact) mass is 616 g/mol. The van der Waals surface area contributed by atoms with Crippen LogP contribution in [-0.2, 0) is 21.1 Å². The molecule has 164 valence electrons. The molecular weight excluding hydrogens is 602 g/mol. The van der Waals surface area contributed by atoms with Crippen molar-refractivity contribution < 1.29 is 35.3 Å². The van der Waals surface area contributed by atoms with Gasteiger partial charge < -0.3 is 14.4 Å². The van der Waals surface area contributed by atoms with Gasteiger partial charge in [-0.25, -0.2) is 19.3 Å². The van der Waals surface area contributed by atoms with Crippen molar-refractivity contribution in [1.29, 1.82) is 0 Å². The molecule has 6 rings (SSSR count). The van der Waals surface area contributed by atoms with E-state index >= 15 is 0 Å². The number of nitrogens with zero attached hydrogens (tertiary/aromatic N) is 4. The first-order chi connectivity index (χ1) is 15.7. The largest absolute Gasteiger partial charge is 0.505 e. The summed E-state index contributed by atoms with van der Waals surface area (Å²) in [5.74, 6) is 0.472. The number of phenols is 1. The Labute approximate surface area is 201 Å². The fourth-order valence-electron chi connectivity index (χ4n) is 3.87. The first kappa shape index (κ1) is 21.0. The number of fused-ring (bicyclic) bond motifs is 4. The van der Waals surface area contributed by atoms with E-state index in [4.69, 9.17) is 4.74 Å². The third kappa shape index (κ3) is 3.60. The van der Waals surface area contributed by atoms with Crippen molar-refractivity contribution in [3.8, 4) is 23.2 Å².